The molecule has 3 N–H and O–H groups in total. The van der Waals surface area contributed by atoms with E-state index in [4.69, 9.17) is 15.7 Å². The molecule has 1 aromatic heterocycles. The van der Waals surface area contributed by atoms with Crippen LogP contribution in [0.4, 0.5) is 5.00 Å². The first-order valence-corrected chi connectivity index (χ1v) is 7.47. The van der Waals surface area contributed by atoms with Crippen molar-refractivity contribution in [3.05, 3.63) is 41.1 Å². The number of amides is 1. The van der Waals surface area contributed by atoms with Crippen molar-refractivity contribution >= 4 is 28.2 Å². The van der Waals surface area contributed by atoms with Gasteiger partial charge in [0.2, 0.25) is 0 Å². The normalized spacial score (nSPS) is 10.9. The van der Waals surface area contributed by atoms with Crippen molar-refractivity contribution < 1.29 is 9.53 Å². The molecule has 1 aromatic carbocycles. The third-order valence-corrected chi connectivity index (χ3v) is 3.73. The number of anilines is 1. The number of nitrogens with one attached hydrogen (secondary N) is 1. The first-order valence-electron chi connectivity index (χ1n) is 6.70. The van der Waals surface area contributed by atoms with Gasteiger partial charge in [-0.1, -0.05) is 12.1 Å². The largest absolute Gasteiger partial charge is 0.482 e. The first kappa shape index (κ1) is 16.5. The summed E-state index contributed by atoms with van der Waals surface area (Å²) in [6, 6.07) is 8.69. The number of hydrogen-bond donors (Lipinski definition) is 2. The van der Waals surface area contributed by atoms with E-state index in [1.165, 1.54) is 11.5 Å². The van der Waals surface area contributed by atoms with E-state index in [1.54, 1.807) is 31.2 Å². The number of aryl methyl sites for hydroxylation is 1. The van der Waals surface area contributed by atoms with Gasteiger partial charge in [0.1, 0.15) is 16.8 Å². The molecule has 0 saturated heterocycles. The topological polar surface area (TPSA) is 113 Å². The molecule has 0 radical (unpaired) electrons. The van der Waals surface area contributed by atoms with E-state index in [0.717, 1.165) is 11.3 Å². The number of rotatable bonds is 5. The molecule has 8 heteroatoms. The summed E-state index contributed by atoms with van der Waals surface area (Å²) in [6.07, 6.45) is 0. The van der Waals surface area contributed by atoms with Gasteiger partial charge in [0, 0.05) is 0 Å². The van der Waals surface area contributed by atoms with Crippen molar-refractivity contribution in [2.24, 2.45) is 5.10 Å². The minimum absolute atomic E-state index is 0.244. The Bertz CT molecular complexity index is 772. The molecule has 0 spiro atoms. The van der Waals surface area contributed by atoms with Crippen LogP contribution in [0.2, 0.25) is 0 Å². The van der Waals surface area contributed by atoms with Crippen LogP contribution >= 0.6 is 11.5 Å². The minimum Gasteiger partial charge on any atom is -0.482 e. The van der Waals surface area contributed by atoms with Crippen LogP contribution in [0.15, 0.2) is 29.4 Å². The molecule has 2 aromatic rings. The van der Waals surface area contributed by atoms with E-state index in [9.17, 15) is 4.79 Å². The molecule has 0 fully saturated rings. The van der Waals surface area contributed by atoms with Gasteiger partial charge < -0.3 is 10.5 Å². The molecular formula is C15H15N5O2S. The second kappa shape index (κ2) is 7.38. The van der Waals surface area contributed by atoms with E-state index in [2.05, 4.69) is 14.9 Å². The first-order chi connectivity index (χ1) is 11.0. The maximum atomic E-state index is 11.8. The smallest absolute Gasteiger partial charge is 0.277 e. The van der Waals surface area contributed by atoms with Crippen LogP contribution in [0.3, 0.4) is 0 Å². The van der Waals surface area contributed by atoms with Gasteiger partial charge in [-0.05, 0) is 37.5 Å². The summed E-state index contributed by atoms with van der Waals surface area (Å²) in [5.74, 6) is -0.0792. The third-order valence-electron chi connectivity index (χ3n) is 2.97. The second-order valence-electron chi connectivity index (χ2n) is 4.64. The lowest BCUT2D eigenvalue weighted by Crippen LogP contribution is -2.26. The number of ether oxygens (including phenoxy) is 1. The average molecular weight is 329 g/mol. The van der Waals surface area contributed by atoms with E-state index < -0.39 is 5.91 Å². The maximum Gasteiger partial charge on any atom is 0.277 e. The summed E-state index contributed by atoms with van der Waals surface area (Å²) in [7, 11) is 0. The highest BCUT2D eigenvalue weighted by atomic mass is 32.1. The van der Waals surface area contributed by atoms with Crippen LogP contribution < -0.4 is 15.9 Å². The highest BCUT2D eigenvalue weighted by Gasteiger charge is 2.11. The van der Waals surface area contributed by atoms with Gasteiger partial charge in [0.05, 0.1) is 22.5 Å². The summed E-state index contributed by atoms with van der Waals surface area (Å²) in [4.78, 5) is 11.8. The lowest BCUT2D eigenvalue weighted by molar-refractivity contribution is -0.123. The van der Waals surface area contributed by atoms with Crippen molar-refractivity contribution in [3.8, 4) is 11.8 Å². The van der Waals surface area contributed by atoms with Gasteiger partial charge in [-0.2, -0.15) is 14.7 Å². The lowest BCUT2D eigenvalue weighted by Gasteiger charge is -2.07. The predicted molar refractivity (Wildman–Crippen MR) is 88.3 cm³/mol. The van der Waals surface area contributed by atoms with Crippen LogP contribution in [0.5, 0.6) is 5.75 Å². The number of hydrazone groups is 1. The Morgan fingerprint density at radius 1 is 1.52 bits per heavy atom. The number of carbonyl (C=O) groups is 1. The van der Waals surface area contributed by atoms with Gasteiger partial charge >= 0.3 is 0 Å². The molecule has 0 aliphatic heterocycles. The molecule has 2 rings (SSSR count). The van der Waals surface area contributed by atoms with Crippen molar-refractivity contribution in [3.63, 3.8) is 0 Å². The van der Waals surface area contributed by atoms with Crippen molar-refractivity contribution in [1.29, 1.82) is 5.26 Å². The van der Waals surface area contributed by atoms with Crippen molar-refractivity contribution in [2.45, 2.75) is 13.8 Å². The van der Waals surface area contributed by atoms with Gasteiger partial charge in [-0.15, -0.1) is 0 Å². The summed E-state index contributed by atoms with van der Waals surface area (Å²) >= 11 is 1.18. The fraction of sp³-hybridized carbons (Fsp3) is 0.200. The van der Waals surface area contributed by atoms with Gasteiger partial charge in [-0.25, -0.2) is 5.43 Å². The van der Waals surface area contributed by atoms with Gasteiger partial charge in [-0.3, -0.25) is 4.79 Å². The molecule has 23 heavy (non-hydrogen) atoms. The SMILES string of the molecule is C/C(=N/NC(=O)COc1ccccc1C#N)c1c(C)nsc1N. The van der Waals surface area contributed by atoms with E-state index >= 15 is 0 Å². The highest BCUT2D eigenvalue weighted by Crippen LogP contribution is 2.21. The Morgan fingerprint density at radius 3 is 2.91 bits per heavy atom. The van der Waals surface area contributed by atoms with Gasteiger partial charge in [0.15, 0.2) is 6.61 Å². The Kier molecular flexibility index (Phi) is 5.28. The number of nitriles is 1. The summed E-state index contributed by atoms with van der Waals surface area (Å²) in [5, 5.41) is 13.5. The Morgan fingerprint density at radius 2 is 2.26 bits per heavy atom. The highest BCUT2D eigenvalue weighted by molar-refractivity contribution is 7.10. The number of nitrogen functional groups attached to an aromatic ring is 1. The van der Waals surface area contributed by atoms with E-state index in [-0.39, 0.29) is 6.61 Å². The third kappa shape index (κ3) is 4.05. The van der Waals surface area contributed by atoms with Crippen LogP contribution in [0.1, 0.15) is 23.7 Å². The Balaban J connectivity index is 1.95. The Labute approximate surface area is 137 Å². The van der Waals surface area contributed by atoms with Gasteiger partial charge in [0.25, 0.3) is 5.91 Å². The zero-order valence-electron chi connectivity index (χ0n) is 12.7. The van der Waals surface area contributed by atoms with E-state index in [0.29, 0.717) is 22.0 Å². The van der Waals surface area contributed by atoms with Crippen LogP contribution in [-0.4, -0.2) is 22.6 Å². The molecule has 0 aliphatic carbocycles. The fourth-order valence-electron chi connectivity index (χ4n) is 1.89. The number of nitrogens with two attached hydrogens (primary N) is 1. The molecular weight excluding hydrogens is 314 g/mol. The average Bonchev–Trinajstić information content (AvgIpc) is 2.89. The van der Waals surface area contributed by atoms with Crippen LogP contribution in [-0.2, 0) is 4.79 Å². The quantitative estimate of drug-likeness (QED) is 0.641. The summed E-state index contributed by atoms with van der Waals surface area (Å²) in [6.45, 7) is 3.32. The monoisotopic (exact) mass is 329 g/mol. The molecule has 0 aliphatic rings. The minimum atomic E-state index is -0.434. The molecule has 0 bridgehead atoms. The van der Waals surface area contributed by atoms with Crippen LogP contribution in [0.25, 0.3) is 0 Å². The molecule has 118 valence electrons. The number of benzene rings is 1. The molecule has 7 nitrogen and oxygen atoms in total. The fourth-order valence-corrected chi connectivity index (χ4v) is 2.60. The second-order valence-corrected chi connectivity index (χ2v) is 5.44. The summed E-state index contributed by atoms with van der Waals surface area (Å²) < 4.78 is 9.45. The predicted octanol–water partition coefficient (Wildman–Crippen LogP) is 1.82. The number of carbonyl (C=O) groups excluding carboxylic acids is 1. The van der Waals surface area contributed by atoms with Crippen LogP contribution in [0, 0.1) is 18.3 Å². The zero-order chi connectivity index (χ0) is 16.8. The molecule has 0 saturated carbocycles. The number of aromatic nitrogens is 1. The zero-order valence-corrected chi connectivity index (χ0v) is 13.5. The van der Waals surface area contributed by atoms with Crippen molar-refractivity contribution in [2.75, 3.05) is 12.3 Å². The number of nitrogens with zero attached hydrogens (tertiary/aromatic N) is 3. The molecule has 0 unspecified atom stereocenters. The number of para-hydroxylation sites is 1. The molecule has 1 heterocycles. The maximum absolute atomic E-state index is 11.8. The van der Waals surface area contributed by atoms with Crippen molar-refractivity contribution in [1.82, 2.24) is 9.80 Å². The molecule has 1 amide bonds. The van der Waals surface area contributed by atoms with E-state index in [1.807, 2.05) is 13.0 Å². The summed E-state index contributed by atoms with van der Waals surface area (Å²) in [5.41, 5.74) is 10.6. The number of hydrogen-bond acceptors (Lipinski definition) is 7. The standard InChI is InChI=1S/C15H15N5O2S/c1-9(14-10(2)20-23-15(14)17)18-19-13(21)8-22-12-6-4-3-5-11(12)7-16/h3-6H,8,17H2,1-2H3,(H,19,21)/b18-9-. The molecule has 0 atom stereocenters. The lowest BCUT2D eigenvalue weighted by atomic mass is 10.2. The Hall–Kier alpha value is -2.92.